The van der Waals surface area contributed by atoms with Gasteiger partial charge < -0.3 is 10.6 Å². The quantitative estimate of drug-likeness (QED) is 0.341. The highest BCUT2D eigenvalue weighted by molar-refractivity contribution is 6.03. The summed E-state index contributed by atoms with van der Waals surface area (Å²) in [5.41, 5.74) is 5.45. The zero-order chi connectivity index (χ0) is 22.6. The summed E-state index contributed by atoms with van der Waals surface area (Å²) in [4.78, 5) is 17.6. The van der Waals surface area contributed by atoms with Crippen molar-refractivity contribution in [1.82, 2.24) is 19.9 Å². The normalized spacial score (nSPS) is 10.5. The van der Waals surface area contributed by atoms with Crippen LogP contribution in [0.1, 0.15) is 11.1 Å². The van der Waals surface area contributed by atoms with Gasteiger partial charge in [-0.3, -0.25) is 0 Å². The molecule has 3 heterocycles. The van der Waals surface area contributed by atoms with E-state index >= 15 is 0 Å². The minimum Gasteiger partial charge on any atom is -0.340 e. The van der Waals surface area contributed by atoms with Crippen LogP contribution in [0.4, 0.5) is 23.0 Å². The zero-order valence-electron chi connectivity index (χ0n) is 17.9. The molecule has 0 radical (unpaired) electrons. The van der Waals surface area contributed by atoms with Crippen molar-refractivity contribution in [2.75, 3.05) is 10.6 Å². The number of terminal acetylenes is 1. The Hall–Kier alpha value is -4.76. The number of aromatic nitrogens is 4. The number of hydrogen-bond donors (Lipinski definition) is 2. The van der Waals surface area contributed by atoms with Gasteiger partial charge in [-0.15, -0.1) is 6.42 Å². The molecule has 0 saturated carbocycles. The van der Waals surface area contributed by atoms with Crippen molar-refractivity contribution in [1.29, 1.82) is 0 Å². The molecule has 0 aliphatic heterocycles. The lowest BCUT2D eigenvalue weighted by atomic mass is 10.0. The highest BCUT2D eigenvalue weighted by Crippen LogP contribution is 2.35. The van der Waals surface area contributed by atoms with Gasteiger partial charge in [-0.1, -0.05) is 24.1 Å². The van der Waals surface area contributed by atoms with Crippen LogP contribution in [0.3, 0.4) is 0 Å². The summed E-state index contributed by atoms with van der Waals surface area (Å²) in [5, 5.41) is 8.95. The Kier molecular flexibility index (Phi) is 5.36. The lowest BCUT2D eigenvalue weighted by Crippen LogP contribution is -2.01. The molecule has 6 heteroatoms. The van der Waals surface area contributed by atoms with Gasteiger partial charge in [-0.2, -0.15) is 0 Å². The van der Waals surface area contributed by atoms with Gasteiger partial charge in [0, 0.05) is 46.2 Å². The Labute approximate surface area is 191 Å². The Morgan fingerprint density at radius 3 is 2.55 bits per heavy atom. The summed E-state index contributed by atoms with van der Waals surface area (Å²) in [6.45, 7) is 2.07. The van der Waals surface area contributed by atoms with Gasteiger partial charge in [0.05, 0.1) is 11.4 Å². The molecule has 0 aliphatic carbocycles. The summed E-state index contributed by atoms with van der Waals surface area (Å²) < 4.78 is 0. The lowest BCUT2D eigenvalue weighted by molar-refractivity contribution is 1.17. The fourth-order valence-electron chi connectivity index (χ4n) is 3.73. The Morgan fingerprint density at radius 2 is 1.70 bits per heavy atom. The minimum absolute atomic E-state index is 0.722. The molecular formula is C27H20N6. The number of anilines is 4. The third kappa shape index (κ3) is 4.08. The molecule has 0 fully saturated rings. The molecule has 3 aromatic heterocycles. The van der Waals surface area contributed by atoms with E-state index in [4.69, 9.17) is 6.42 Å². The van der Waals surface area contributed by atoms with Crippen LogP contribution in [0.5, 0.6) is 0 Å². The highest BCUT2D eigenvalue weighted by atomic mass is 15.0. The number of benzene rings is 2. The van der Waals surface area contributed by atoms with Crippen LogP contribution in [0, 0.1) is 19.3 Å². The van der Waals surface area contributed by atoms with Gasteiger partial charge in [0.2, 0.25) is 0 Å². The summed E-state index contributed by atoms with van der Waals surface area (Å²) in [7, 11) is 0. The largest absolute Gasteiger partial charge is 0.340 e. The topological polar surface area (TPSA) is 75.6 Å². The first-order valence-electron chi connectivity index (χ1n) is 10.4. The van der Waals surface area contributed by atoms with E-state index in [-0.39, 0.29) is 0 Å². The van der Waals surface area contributed by atoms with Gasteiger partial charge in [0.25, 0.3) is 0 Å². The number of nitrogens with one attached hydrogen (secondary N) is 2. The van der Waals surface area contributed by atoms with Crippen molar-refractivity contribution >= 4 is 33.8 Å². The number of fused-ring (bicyclic) bond motifs is 1. The van der Waals surface area contributed by atoms with Gasteiger partial charge in [-0.05, 0) is 55.0 Å². The second kappa shape index (κ2) is 8.77. The van der Waals surface area contributed by atoms with E-state index in [1.807, 2.05) is 48.5 Å². The van der Waals surface area contributed by atoms with Crippen molar-refractivity contribution in [3.63, 3.8) is 0 Å². The fourth-order valence-corrected chi connectivity index (χ4v) is 3.73. The lowest BCUT2D eigenvalue weighted by Gasteiger charge is -2.16. The van der Waals surface area contributed by atoms with E-state index in [1.54, 1.807) is 18.6 Å². The van der Waals surface area contributed by atoms with Crippen molar-refractivity contribution in [2.24, 2.45) is 0 Å². The fraction of sp³-hybridized carbons (Fsp3) is 0.0370. The average Bonchev–Trinajstić information content (AvgIpc) is 2.87. The maximum absolute atomic E-state index is 5.55. The molecule has 0 unspecified atom stereocenters. The number of pyridine rings is 2. The Morgan fingerprint density at radius 1 is 0.788 bits per heavy atom. The molecule has 0 bridgehead atoms. The van der Waals surface area contributed by atoms with Crippen molar-refractivity contribution in [2.45, 2.75) is 6.92 Å². The first-order chi connectivity index (χ1) is 16.2. The van der Waals surface area contributed by atoms with E-state index in [9.17, 15) is 0 Å². The number of nitrogens with zero attached hydrogens (tertiary/aromatic N) is 4. The highest BCUT2D eigenvalue weighted by Gasteiger charge is 2.13. The van der Waals surface area contributed by atoms with Crippen LogP contribution < -0.4 is 10.6 Å². The third-order valence-electron chi connectivity index (χ3n) is 5.35. The summed E-state index contributed by atoms with van der Waals surface area (Å²) in [6.07, 6.45) is 12.4. The summed E-state index contributed by atoms with van der Waals surface area (Å²) in [5.74, 6) is 4.14. The maximum atomic E-state index is 5.55. The predicted octanol–water partition coefficient (Wildman–Crippen LogP) is 5.86. The van der Waals surface area contributed by atoms with E-state index < -0.39 is 0 Å². The summed E-state index contributed by atoms with van der Waals surface area (Å²) in [6, 6.07) is 19.6. The van der Waals surface area contributed by atoms with Crippen LogP contribution in [0.15, 0.2) is 85.6 Å². The summed E-state index contributed by atoms with van der Waals surface area (Å²) >= 11 is 0. The van der Waals surface area contributed by atoms with Crippen LogP contribution in [0.2, 0.25) is 0 Å². The van der Waals surface area contributed by atoms with Crippen LogP contribution >= 0.6 is 0 Å². The first-order valence-corrected chi connectivity index (χ1v) is 10.4. The molecule has 0 atom stereocenters. The average molecular weight is 428 g/mol. The molecule has 0 saturated heterocycles. The first kappa shape index (κ1) is 20.2. The molecule has 0 aliphatic rings. The smallest absolute Gasteiger partial charge is 0.139 e. The third-order valence-corrected chi connectivity index (χ3v) is 5.35. The molecule has 6 nitrogen and oxygen atoms in total. The predicted molar refractivity (Wildman–Crippen MR) is 133 cm³/mol. The zero-order valence-corrected chi connectivity index (χ0v) is 17.9. The molecular weight excluding hydrogens is 408 g/mol. The Balaban J connectivity index is 1.58. The SMILES string of the molecule is C#Cc1cccc(Nc2nccc3c(Nc4ncccc4-c4ccncn4)c(C)ccc23)c1. The van der Waals surface area contributed by atoms with E-state index in [0.29, 0.717) is 0 Å². The molecule has 5 rings (SSSR count). The number of rotatable bonds is 5. The molecule has 0 spiro atoms. The van der Waals surface area contributed by atoms with Gasteiger partial charge in [0.15, 0.2) is 0 Å². The van der Waals surface area contributed by atoms with Crippen LogP contribution in [0.25, 0.3) is 22.0 Å². The van der Waals surface area contributed by atoms with E-state index in [0.717, 1.165) is 56.2 Å². The van der Waals surface area contributed by atoms with E-state index in [2.05, 4.69) is 55.5 Å². The second-order valence-corrected chi connectivity index (χ2v) is 7.48. The van der Waals surface area contributed by atoms with Crippen molar-refractivity contribution in [3.8, 4) is 23.6 Å². The standard InChI is InChI=1S/C27H20N6/c1-3-19-6-4-7-20(16-19)32-26-22-10-9-18(2)25(21(22)11-15-30-26)33-27-23(8-5-13-29-27)24-12-14-28-17-31-24/h1,4-17H,2H3,(H,29,33)(H,30,32). The second-order valence-electron chi connectivity index (χ2n) is 7.48. The van der Waals surface area contributed by atoms with Gasteiger partial charge in [-0.25, -0.2) is 19.9 Å². The molecule has 158 valence electrons. The molecule has 33 heavy (non-hydrogen) atoms. The van der Waals surface area contributed by atoms with Crippen LogP contribution in [-0.2, 0) is 0 Å². The molecule has 2 N–H and O–H groups in total. The molecule has 0 amide bonds. The van der Waals surface area contributed by atoms with Gasteiger partial charge >= 0.3 is 0 Å². The maximum Gasteiger partial charge on any atom is 0.139 e. The molecule has 5 aromatic rings. The monoisotopic (exact) mass is 428 g/mol. The minimum atomic E-state index is 0.722. The number of hydrogen-bond acceptors (Lipinski definition) is 6. The van der Waals surface area contributed by atoms with E-state index in [1.165, 1.54) is 6.33 Å². The molecule has 2 aromatic carbocycles. The van der Waals surface area contributed by atoms with Crippen LogP contribution in [-0.4, -0.2) is 19.9 Å². The Bertz CT molecular complexity index is 1490. The van der Waals surface area contributed by atoms with Gasteiger partial charge in [0.1, 0.15) is 18.0 Å². The van der Waals surface area contributed by atoms with Crippen molar-refractivity contribution in [3.05, 3.63) is 96.7 Å². The number of aryl methyl sites for hydroxylation is 1. The van der Waals surface area contributed by atoms with Crippen molar-refractivity contribution < 1.29 is 0 Å².